The molecule has 0 radical (unpaired) electrons. The molecule has 2 heterocycles. The Hall–Kier alpha value is -4.65. The van der Waals surface area contributed by atoms with E-state index in [0.29, 0.717) is 34.3 Å². The van der Waals surface area contributed by atoms with Gasteiger partial charge >= 0.3 is 0 Å². The summed E-state index contributed by atoms with van der Waals surface area (Å²) in [6.45, 7) is 1.87. The monoisotopic (exact) mass is 549 g/mol. The quantitative estimate of drug-likeness (QED) is 0.217. The number of halogens is 2. The van der Waals surface area contributed by atoms with E-state index in [0.717, 1.165) is 24.8 Å². The van der Waals surface area contributed by atoms with Crippen LogP contribution in [0.15, 0.2) is 85.1 Å². The van der Waals surface area contributed by atoms with Gasteiger partial charge in [0.2, 0.25) is 0 Å². The fraction of sp³-hybridized carbons (Fsp3) is 0.206. The Labute approximate surface area is 236 Å². The average molecular weight is 550 g/mol. The number of aromatic nitrogens is 2. The number of pyridine rings is 1. The van der Waals surface area contributed by atoms with Crippen LogP contribution in [0.25, 0.3) is 27.9 Å². The second kappa shape index (κ2) is 10.4. The molecule has 1 saturated carbocycles. The van der Waals surface area contributed by atoms with Crippen LogP contribution >= 0.6 is 0 Å². The number of carbonyl (C=O) groups is 2. The summed E-state index contributed by atoms with van der Waals surface area (Å²) in [5.41, 5.74) is 4.68. The van der Waals surface area contributed by atoms with Crippen LogP contribution in [0.4, 0.5) is 8.78 Å². The largest absolute Gasteiger partial charge is 0.355 e. The number of hydrogen-bond acceptors (Lipinski definition) is 3. The molecule has 0 unspecified atom stereocenters. The number of benzene rings is 3. The molecule has 5 nitrogen and oxygen atoms in total. The molecule has 1 amide bonds. The van der Waals surface area contributed by atoms with E-state index in [1.807, 2.05) is 31.2 Å². The van der Waals surface area contributed by atoms with Crippen LogP contribution < -0.4 is 5.32 Å². The molecular formula is C34H29F2N3O2. The Morgan fingerprint density at radius 2 is 1.68 bits per heavy atom. The maximum absolute atomic E-state index is 15.7. The molecule has 7 heteroatoms. The molecule has 0 bridgehead atoms. The Kier molecular flexibility index (Phi) is 6.73. The van der Waals surface area contributed by atoms with Crippen molar-refractivity contribution in [3.63, 3.8) is 0 Å². The first-order valence-electron chi connectivity index (χ1n) is 13.7. The molecular weight excluding hydrogens is 520 g/mol. The van der Waals surface area contributed by atoms with E-state index in [-0.39, 0.29) is 22.3 Å². The zero-order valence-electron chi connectivity index (χ0n) is 22.9. The standard InChI is InChI=1S/C34H29F2N3O2/c1-21-9-10-23(30(40)19-34(15-6-16-34)24-7-4-3-5-8-24)17-26(21)27-18-29-31(33(41)37-2)32(38-39(29)20-28(27)36)22-11-13-25(35)14-12-22/h3-5,7-14,17-18,20H,6,15-16,19H2,1-2H3,(H,37,41). The molecule has 2 aromatic heterocycles. The van der Waals surface area contributed by atoms with E-state index in [1.54, 1.807) is 18.2 Å². The lowest BCUT2D eigenvalue weighted by Gasteiger charge is -2.42. The van der Waals surface area contributed by atoms with Gasteiger partial charge in [0.05, 0.1) is 17.3 Å². The SMILES string of the molecule is CNC(=O)c1c(-c2ccc(F)cc2)nn2cc(F)c(-c3cc(C(=O)CC4(c5ccccc5)CCC4)ccc3C)cc12. The van der Waals surface area contributed by atoms with E-state index >= 15 is 4.39 Å². The molecule has 6 rings (SSSR count). The van der Waals surface area contributed by atoms with Gasteiger partial charge in [-0.05, 0) is 72.9 Å². The van der Waals surface area contributed by atoms with Gasteiger partial charge in [-0.3, -0.25) is 9.59 Å². The van der Waals surface area contributed by atoms with Crippen molar-refractivity contribution in [2.45, 2.75) is 38.0 Å². The van der Waals surface area contributed by atoms with Crippen LogP contribution in [0.3, 0.4) is 0 Å². The minimum absolute atomic E-state index is 0.0188. The third-order valence-corrected chi connectivity index (χ3v) is 8.34. The van der Waals surface area contributed by atoms with E-state index in [4.69, 9.17) is 0 Å². The van der Waals surface area contributed by atoms with Gasteiger partial charge in [0.15, 0.2) is 5.78 Å². The molecule has 0 saturated heterocycles. The summed E-state index contributed by atoms with van der Waals surface area (Å²) in [5, 5.41) is 7.10. The summed E-state index contributed by atoms with van der Waals surface area (Å²) in [6.07, 6.45) is 4.65. The number of carbonyl (C=O) groups excluding carboxylic acids is 2. The highest BCUT2D eigenvalue weighted by molar-refractivity contribution is 6.07. The Bertz CT molecular complexity index is 1790. The second-order valence-corrected chi connectivity index (χ2v) is 10.8. The third kappa shape index (κ3) is 4.71. The van der Waals surface area contributed by atoms with Gasteiger partial charge in [-0.2, -0.15) is 5.10 Å². The Morgan fingerprint density at radius 3 is 2.34 bits per heavy atom. The number of hydrogen-bond donors (Lipinski definition) is 1. The molecule has 206 valence electrons. The lowest BCUT2D eigenvalue weighted by atomic mass is 9.61. The fourth-order valence-electron chi connectivity index (χ4n) is 5.89. The van der Waals surface area contributed by atoms with Crippen molar-refractivity contribution in [2.75, 3.05) is 7.05 Å². The van der Waals surface area contributed by atoms with E-state index in [1.165, 1.54) is 47.6 Å². The van der Waals surface area contributed by atoms with Gasteiger partial charge in [0, 0.05) is 35.6 Å². The third-order valence-electron chi connectivity index (χ3n) is 8.34. The van der Waals surface area contributed by atoms with Gasteiger partial charge in [0.25, 0.3) is 5.91 Å². The maximum atomic E-state index is 15.7. The van der Waals surface area contributed by atoms with Gasteiger partial charge in [0.1, 0.15) is 17.3 Å². The predicted octanol–water partition coefficient (Wildman–Crippen LogP) is 7.31. The number of aryl methyl sites for hydroxylation is 1. The van der Waals surface area contributed by atoms with Crippen molar-refractivity contribution in [1.29, 1.82) is 0 Å². The van der Waals surface area contributed by atoms with Crippen molar-refractivity contribution in [3.05, 3.63) is 119 Å². The lowest BCUT2D eigenvalue weighted by molar-refractivity contribution is 0.0904. The first-order chi connectivity index (χ1) is 19.8. The molecule has 1 fully saturated rings. The van der Waals surface area contributed by atoms with Crippen molar-refractivity contribution >= 4 is 17.2 Å². The Balaban J connectivity index is 1.42. The van der Waals surface area contributed by atoms with Crippen molar-refractivity contribution in [1.82, 2.24) is 14.9 Å². The van der Waals surface area contributed by atoms with Crippen LogP contribution in [-0.2, 0) is 5.41 Å². The number of amides is 1. The minimum atomic E-state index is -0.540. The van der Waals surface area contributed by atoms with Crippen molar-refractivity contribution < 1.29 is 18.4 Å². The number of ketones is 1. The lowest BCUT2D eigenvalue weighted by Crippen LogP contribution is -2.36. The molecule has 1 aliphatic rings. The van der Waals surface area contributed by atoms with Gasteiger partial charge in [-0.1, -0.05) is 48.9 Å². The number of nitrogens with one attached hydrogen (secondary N) is 1. The topological polar surface area (TPSA) is 63.5 Å². The van der Waals surface area contributed by atoms with Gasteiger partial charge in [-0.15, -0.1) is 0 Å². The van der Waals surface area contributed by atoms with Crippen LogP contribution in [0.5, 0.6) is 0 Å². The number of rotatable bonds is 7. The summed E-state index contributed by atoms with van der Waals surface area (Å²) in [4.78, 5) is 26.6. The van der Waals surface area contributed by atoms with Crippen LogP contribution in [0.1, 0.15) is 57.5 Å². The van der Waals surface area contributed by atoms with Gasteiger partial charge < -0.3 is 5.32 Å². The first kappa shape index (κ1) is 26.6. The van der Waals surface area contributed by atoms with E-state index in [2.05, 4.69) is 22.5 Å². The second-order valence-electron chi connectivity index (χ2n) is 10.8. The molecule has 5 aromatic rings. The highest BCUT2D eigenvalue weighted by Crippen LogP contribution is 2.47. The summed E-state index contributed by atoms with van der Waals surface area (Å²) < 4.78 is 30.6. The molecule has 1 aliphatic carbocycles. The molecule has 0 aliphatic heterocycles. The smallest absolute Gasteiger partial charge is 0.255 e. The fourth-order valence-corrected chi connectivity index (χ4v) is 5.89. The number of Topliss-reactive ketones (excluding diaryl/α,β-unsaturated/α-hetero) is 1. The van der Waals surface area contributed by atoms with Crippen LogP contribution in [-0.4, -0.2) is 28.4 Å². The molecule has 0 spiro atoms. The zero-order valence-corrected chi connectivity index (χ0v) is 22.9. The highest BCUT2D eigenvalue weighted by atomic mass is 19.1. The summed E-state index contributed by atoms with van der Waals surface area (Å²) >= 11 is 0. The van der Waals surface area contributed by atoms with Crippen molar-refractivity contribution in [3.8, 4) is 22.4 Å². The summed E-state index contributed by atoms with van der Waals surface area (Å²) in [5.74, 6) is -1.33. The number of fused-ring (bicyclic) bond motifs is 1. The average Bonchev–Trinajstić information content (AvgIpc) is 3.33. The molecule has 0 atom stereocenters. The Morgan fingerprint density at radius 1 is 0.951 bits per heavy atom. The normalized spacial score (nSPS) is 14.0. The maximum Gasteiger partial charge on any atom is 0.255 e. The van der Waals surface area contributed by atoms with Gasteiger partial charge in [-0.25, -0.2) is 13.3 Å². The minimum Gasteiger partial charge on any atom is -0.355 e. The van der Waals surface area contributed by atoms with Crippen LogP contribution in [0, 0.1) is 18.6 Å². The number of nitrogens with zero attached hydrogens (tertiary/aromatic N) is 2. The molecule has 41 heavy (non-hydrogen) atoms. The van der Waals surface area contributed by atoms with E-state index < -0.39 is 17.5 Å². The molecule has 1 N–H and O–H groups in total. The van der Waals surface area contributed by atoms with Crippen LogP contribution in [0.2, 0.25) is 0 Å². The molecule has 3 aromatic carbocycles. The van der Waals surface area contributed by atoms with Crippen molar-refractivity contribution in [2.24, 2.45) is 0 Å². The summed E-state index contributed by atoms with van der Waals surface area (Å²) in [6, 6.07) is 22.8. The van der Waals surface area contributed by atoms with E-state index in [9.17, 15) is 14.0 Å². The highest BCUT2D eigenvalue weighted by Gasteiger charge is 2.40. The summed E-state index contributed by atoms with van der Waals surface area (Å²) in [7, 11) is 1.51. The zero-order chi connectivity index (χ0) is 28.7. The predicted molar refractivity (Wildman–Crippen MR) is 155 cm³/mol. The first-order valence-corrected chi connectivity index (χ1v) is 13.7.